The highest BCUT2D eigenvalue weighted by Crippen LogP contribution is 2.29. The van der Waals surface area contributed by atoms with Crippen LogP contribution >= 0.6 is 15.9 Å². The molecule has 10 nitrogen and oxygen atoms in total. The van der Waals surface area contributed by atoms with Crippen molar-refractivity contribution in [2.75, 3.05) is 18.4 Å². The molecule has 0 radical (unpaired) electrons. The van der Waals surface area contributed by atoms with E-state index in [1.165, 1.54) is 0 Å². The van der Waals surface area contributed by atoms with Crippen molar-refractivity contribution in [1.29, 1.82) is 0 Å². The summed E-state index contributed by atoms with van der Waals surface area (Å²) in [6.45, 7) is 0.714. The number of anilines is 1. The molecule has 3 aromatic rings. The molecular weight excluding hydrogens is 468 g/mol. The number of amides is 1. The summed E-state index contributed by atoms with van der Waals surface area (Å²) in [5.74, 6) is 0.266. The molecule has 1 aliphatic heterocycles. The monoisotopic (exact) mass is 484 g/mol. The highest BCUT2D eigenvalue weighted by Gasteiger charge is 2.25. The molecule has 2 heterocycles. The number of halogens is 1. The van der Waals surface area contributed by atoms with Gasteiger partial charge in [0.05, 0.1) is 28.6 Å². The van der Waals surface area contributed by atoms with Gasteiger partial charge in [0.1, 0.15) is 12.1 Å². The van der Waals surface area contributed by atoms with Gasteiger partial charge in [0.25, 0.3) is 5.09 Å². The molecule has 1 aliphatic rings. The van der Waals surface area contributed by atoms with E-state index in [9.17, 15) is 14.9 Å². The number of nitrogens with zero attached hydrogens (tertiary/aromatic N) is 5. The van der Waals surface area contributed by atoms with Crippen molar-refractivity contribution in [1.82, 2.24) is 14.9 Å². The number of aliphatic imine (C=N–C) groups is 1. The van der Waals surface area contributed by atoms with Crippen LogP contribution in [-0.2, 0) is 22.7 Å². The molecular formula is C20H17BrN6O4. The van der Waals surface area contributed by atoms with E-state index >= 15 is 0 Å². The zero-order valence-electron chi connectivity index (χ0n) is 16.2. The van der Waals surface area contributed by atoms with Gasteiger partial charge in [0, 0.05) is 18.9 Å². The van der Waals surface area contributed by atoms with Gasteiger partial charge >= 0.3 is 0 Å². The summed E-state index contributed by atoms with van der Waals surface area (Å²) in [5, 5.41) is 12.9. The standard InChI is InChI=1S/C20H17BrN6O4/c21-18-15(5-6-16-19(18)23-8-7-22-16)25-20-24-9-10-26(20)17(28)11-13-3-1-2-4-14(13)12-31-27(29)30/h1-8H,9-12H2,(H,24,25). The van der Waals surface area contributed by atoms with Crippen molar-refractivity contribution in [3.63, 3.8) is 0 Å². The quantitative estimate of drug-likeness (QED) is 0.421. The van der Waals surface area contributed by atoms with Gasteiger partial charge in [0.15, 0.2) is 0 Å². The molecule has 0 aliphatic carbocycles. The molecule has 0 unspecified atom stereocenters. The molecule has 0 saturated heterocycles. The Labute approximate surface area is 185 Å². The third kappa shape index (κ3) is 4.61. The smallest absolute Gasteiger partial charge is 0.294 e. The average Bonchev–Trinajstić information content (AvgIpc) is 3.23. The fraction of sp³-hybridized carbons (Fsp3) is 0.200. The molecule has 1 N–H and O–H groups in total. The van der Waals surface area contributed by atoms with E-state index in [2.05, 4.69) is 41.0 Å². The van der Waals surface area contributed by atoms with E-state index < -0.39 is 5.09 Å². The van der Waals surface area contributed by atoms with Crippen molar-refractivity contribution in [2.24, 2.45) is 4.99 Å². The second kappa shape index (κ2) is 9.04. The largest absolute Gasteiger partial charge is 0.325 e. The van der Waals surface area contributed by atoms with E-state index in [1.807, 2.05) is 12.1 Å². The Morgan fingerprint density at radius 2 is 1.97 bits per heavy atom. The number of carbonyl (C=O) groups is 1. The Morgan fingerprint density at radius 1 is 1.19 bits per heavy atom. The molecule has 0 fully saturated rings. The number of rotatable bonds is 6. The first-order valence-corrected chi connectivity index (χ1v) is 10.2. The van der Waals surface area contributed by atoms with Gasteiger partial charge in [-0.1, -0.05) is 24.3 Å². The molecule has 0 saturated carbocycles. The van der Waals surface area contributed by atoms with Crippen LogP contribution in [0.1, 0.15) is 11.1 Å². The van der Waals surface area contributed by atoms with Crippen LogP contribution in [0.3, 0.4) is 0 Å². The van der Waals surface area contributed by atoms with Crippen molar-refractivity contribution in [3.05, 3.63) is 74.5 Å². The zero-order valence-corrected chi connectivity index (χ0v) is 17.8. The highest BCUT2D eigenvalue weighted by molar-refractivity contribution is 9.10. The van der Waals surface area contributed by atoms with E-state index in [4.69, 9.17) is 0 Å². The zero-order chi connectivity index (χ0) is 21.8. The fourth-order valence-electron chi connectivity index (χ4n) is 3.27. The Morgan fingerprint density at radius 3 is 2.77 bits per heavy atom. The first-order chi connectivity index (χ1) is 15.0. The number of hydrogen-bond donors (Lipinski definition) is 1. The summed E-state index contributed by atoms with van der Waals surface area (Å²) in [4.78, 5) is 42.6. The van der Waals surface area contributed by atoms with Gasteiger partial charge in [-0.15, -0.1) is 10.1 Å². The Balaban J connectivity index is 1.50. The van der Waals surface area contributed by atoms with Gasteiger partial charge in [-0.05, 0) is 39.2 Å². The van der Waals surface area contributed by atoms with Crippen LogP contribution in [0.15, 0.2) is 58.3 Å². The van der Waals surface area contributed by atoms with Crippen LogP contribution in [0.2, 0.25) is 0 Å². The predicted octanol–water partition coefficient (Wildman–Crippen LogP) is 2.95. The minimum absolute atomic E-state index is 0.0717. The normalized spacial score (nSPS) is 13.2. The topological polar surface area (TPSA) is 123 Å². The van der Waals surface area contributed by atoms with E-state index in [1.54, 1.807) is 41.6 Å². The molecule has 0 atom stereocenters. The van der Waals surface area contributed by atoms with Crippen LogP contribution in [0.4, 0.5) is 5.69 Å². The summed E-state index contributed by atoms with van der Waals surface area (Å²) in [6.07, 6.45) is 3.31. The Kier molecular flexibility index (Phi) is 6.03. The van der Waals surface area contributed by atoms with Crippen molar-refractivity contribution in [2.45, 2.75) is 13.0 Å². The SMILES string of the molecule is O=C(Cc1ccccc1CO[N+](=O)[O-])N1CCN=C1Nc1ccc2nccnc2c1Br. The number of carbonyl (C=O) groups excluding carboxylic acids is 1. The molecule has 0 bridgehead atoms. The first kappa shape index (κ1) is 20.7. The van der Waals surface area contributed by atoms with Gasteiger partial charge in [-0.3, -0.25) is 24.7 Å². The minimum Gasteiger partial charge on any atom is -0.325 e. The molecule has 158 valence electrons. The Bertz CT molecular complexity index is 1190. The second-order valence-electron chi connectivity index (χ2n) is 6.67. The maximum absolute atomic E-state index is 13.0. The third-order valence-electron chi connectivity index (χ3n) is 4.75. The van der Waals surface area contributed by atoms with Crippen LogP contribution in [-0.4, -0.2) is 44.9 Å². The lowest BCUT2D eigenvalue weighted by Gasteiger charge is -2.21. The predicted molar refractivity (Wildman–Crippen MR) is 117 cm³/mol. The summed E-state index contributed by atoms with van der Waals surface area (Å²) < 4.78 is 0.724. The lowest BCUT2D eigenvalue weighted by Crippen LogP contribution is -2.39. The summed E-state index contributed by atoms with van der Waals surface area (Å²) >= 11 is 3.55. The average molecular weight is 485 g/mol. The number of benzene rings is 2. The summed E-state index contributed by atoms with van der Waals surface area (Å²) in [5.41, 5.74) is 3.42. The molecule has 0 spiro atoms. The second-order valence-corrected chi connectivity index (χ2v) is 7.46. The fourth-order valence-corrected chi connectivity index (χ4v) is 3.80. The first-order valence-electron chi connectivity index (χ1n) is 9.38. The number of hydrogen-bond acceptors (Lipinski definition) is 8. The van der Waals surface area contributed by atoms with E-state index in [0.29, 0.717) is 41.4 Å². The number of aromatic nitrogens is 2. The maximum atomic E-state index is 13.0. The van der Waals surface area contributed by atoms with Gasteiger partial charge < -0.3 is 10.2 Å². The Hall–Kier alpha value is -3.60. The van der Waals surface area contributed by atoms with E-state index in [0.717, 1.165) is 9.99 Å². The van der Waals surface area contributed by atoms with Crippen LogP contribution in [0, 0.1) is 10.1 Å². The number of fused-ring (bicyclic) bond motifs is 1. The van der Waals surface area contributed by atoms with Crippen molar-refractivity contribution in [3.8, 4) is 0 Å². The summed E-state index contributed by atoms with van der Waals surface area (Å²) in [7, 11) is 0. The number of nitrogens with one attached hydrogen (secondary N) is 1. The molecule has 1 amide bonds. The van der Waals surface area contributed by atoms with Crippen molar-refractivity contribution >= 4 is 44.5 Å². The number of guanidine groups is 1. The van der Waals surface area contributed by atoms with Crippen LogP contribution in [0.5, 0.6) is 0 Å². The lowest BCUT2D eigenvalue weighted by atomic mass is 10.0. The maximum Gasteiger partial charge on any atom is 0.294 e. The van der Waals surface area contributed by atoms with Crippen LogP contribution in [0.25, 0.3) is 11.0 Å². The van der Waals surface area contributed by atoms with Gasteiger partial charge in [0.2, 0.25) is 11.9 Å². The van der Waals surface area contributed by atoms with Gasteiger partial charge in [-0.25, -0.2) is 0 Å². The molecule has 1 aromatic heterocycles. The molecule has 11 heteroatoms. The van der Waals surface area contributed by atoms with Crippen LogP contribution < -0.4 is 5.32 Å². The molecule has 31 heavy (non-hydrogen) atoms. The molecule has 2 aromatic carbocycles. The lowest BCUT2D eigenvalue weighted by molar-refractivity contribution is -0.763. The van der Waals surface area contributed by atoms with Crippen molar-refractivity contribution < 1.29 is 14.7 Å². The minimum atomic E-state index is -0.848. The molecule has 4 rings (SSSR count). The third-order valence-corrected chi connectivity index (χ3v) is 5.56. The van der Waals surface area contributed by atoms with Gasteiger partial charge in [-0.2, -0.15) is 0 Å². The summed E-state index contributed by atoms with van der Waals surface area (Å²) in [6, 6.07) is 10.7. The van der Waals surface area contributed by atoms with E-state index in [-0.39, 0.29) is 18.9 Å². The highest BCUT2D eigenvalue weighted by atomic mass is 79.9.